The average Bonchev–Trinajstić information content (AvgIpc) is 2.83. The lowest BCUT2D eigenvalue weighted by molar-refractivity contribution is -0.136. The largest absolute Gasteiger partial charge is 0.492 e. The van der Waals surface area contributed by atoms with Crippen molar-refractivity contribution in [2.24, 2.45) is 0 Å². The minimum atomic E-state index is -1.18. The number of nitrogens with zero attached hydrogens (tertiary/aromatic N) is 1. The number of carbonyl (C=O) groups excluding carboxylic acids is 4. The SMILES string of the molecule is O=C(O)NCCOc1ccc2c(c1)C(=O)N(C1CCC(=O)NC1=O)C2=O. The molecule has 3 N–H and O–H groups in total. The molecule has 1 saturated heterocycles. The third-order valence-electron chi connectivity index (χ3n) is 4.06. The monoisotopic (exact) mass is 361 g/mol. The zero-order valence-electron chi connectivity index (χ0n) is 13.5. The van der Waals surface area contributed by atoms with Gasteiger partial charge in [0.05, 0.1) is 17.7 Å². The second kappa shape index (κ2) is 6.82. The molecule has 2 aliphatic heterocycles. The third kappa shape index (κ3) is 3.21. The smallest absolute Gasteiger partial charge is 0.404 e. The van der Waals surface area contributed by atoms with Gasteiger partial charge in [-0.1, -0.05) is 0 Å². The molecule has 0 aliphatic carbocycles. The van der Waals surface area contributed by atoms with E-state index in [1.807, 2.05) is 0 Å². The maximum absolute atomic E-state index is 12.6. The van der Waals surface area contributed by atoms with E-state index >= 15 is 0 Å². The molecule has 1 fully saturated rings. The van der Waals surface area contributed by atoms with Crippen molar-refractivity contribution in [3.63, 3.8) is 0 Å². The molecule has 10 nitrogen and oxygen atoms in total. The molecule has 10 heteroatoms. The lowest BCUT2D eigenvalue weighted by Gasteiger charge is -2.27. The van der Waals surface area contributed by atoms with Crippen molar-refractivity contribution < 1.29 is 33.8 Å². The molecule has 0 saturated carbocycles. The Labute approximate surface area is 147 Å². The number of nitrogens with one attached hydrogen (secondary N) is 2. The lowest BCUT2D eigenvalue weighted by atomic mass is 10.0. The molecule has 3 rings (SSSR count). The first-order chi connectivity index (χ1) is 12.4. The van der Waals surface area contributed by atoms with Crippen molar-refractivity contribution in [3.8, 4) is 5.75 Å². The highest BCUT2D eigenvalue weighted by molar-refractivity contribution is 6.23. The van der Waals surface area contributed by atoms with Crippen LogP contribution in [0.25, 0.3) is 0 Å². The van der Waals surface area contributed by atoms with Gasteiger partial charge in [-0.25, -0.2) is 4.79 Å². The number of carbonyl (C=O) groups is 5. The molecule has 0 bridgehead atoms. The molecule has 1 aromatic rings. The van der Waals surface area contributed by atoms with E-state index in [9.17, 15) is 24.0 Å². The number of fused-ring (bicyclic) bond motifs is 1. The minimum absolute atomic E-state index is 0.0457. The van der Waals surface area contributed by atoms with Crippen LogP contribution in [0, 0.1) is 0 Å². The van der Waals surface area contributed by atoms with Gasteiger partial charge in [-0.2, -0.15) is 0 Å². The van der Waals surface area contributed by atoms with E-state index in [2.05, 4.69) is 10.6 Å². The highest BCUT2D eigenvalue weighted by Gasteiger charge is 2.44. The summed E-state index contributed by atoms with van der Waals surface area (Å²) in [6.07, 6.45) is -1.04. The van der Waals surface area contributed by atoms with Gasteiger partial charge in [0.2, 0.25) is 11.8 Å². The summed E-state index contributed by atoms with van der Waals surface area (Å²) < 4.78 is 5.35. The summed E-state index contributed by atoms with van der Waals surface area (Å²) in [6, 6.07) is 3.26. The Morgan fingerprint density at radius 2 is 1.96 bits per heavy atom. The fraction of sp³-hybridized carbons (Fsp3) is 0.312. The molecule has 0 aromatic heterocycles. The van der Waals surface area contributed by atoms with Gasteiger partial charge in [0.15, 0.2) is 0 Å². The van der Waals surface area contributed by atoms with E-state index < -0.39 is 35.8 Å². The van der Waals surface area contributed by atoms with Crippen LogP contribution in [0.15, 0.2) is 18.2 Å². The molecular weight excluding hydrogens is 346 g/mol. The molecule has 2 heterocycles. The van der Waals surface area contributed by atoms with Crippen LogP contribution in [-0.2, 0) is 9.59 Å². The highest BCUT2D eigenvalue weighted by atomic mass is 16.5. The topological polar surface area (TPSA) is 142 Å². The number of hydrogen-bond acceptors (Lipinski definition) is 6. The van der Waals surface area contributed by atoms with Crippen molar-refractivity contribution >= 4 is 29.7 Å². The maximum atomic E-state index is 12.6. The first-order valence-electron chi connectivity index (χ1n) is 7.83. The summed E-state index contributed by atoms with van der Waals surface area (Å²) in [4.78, 5) is 59.6. The average molecular weight is 361 g/mol. The minimum Gasteiger partial charge on any atom is -0.492 e. The van der Waals surface area contributed by atoms with Gasteiger partial charge in [-0.15, -0.1) is 0 Å². The van der Waals surface area contributed by atoms with E-state index in [0.717, 1.165) is 4.90 Å². The van der Waals surface area contributed by atoms with Crippen LogP contribution in [-0.4, -0.2) is 58.9 Å². The van der Waals surface area contributed by atoms with Crippen molar-refractivity contribution in [3.05, 3.63) is 29.3 Å². The van der Waals surface area contributed by atoms with Crippen molar-refractivity contribution in [1.82, 2.24) is 15.5 Å². The summed E-state index contributed by atoms with van der Waals surface area (Å²) in [5.74, 6) is -2.05. The van der Waals surface area contributed by atoms with Crippen molar-refractivity contribution in [2.75, 3.05) is 13.2 Å². The number of benzene rings is 1. The molecule has 1 unspecified atom stereocenters. The predicted octanol–water partition coefficient (Wildman–Crippen LogP) is -0.266. The Hall–Kier alpha value is -3.43. The van der Waals surface area contributed by atoms with Crippen LogP contribution < -0.4 is 15.4 Å². The number of amides is 5. The fourth-order valence-electron chi connectivity index (χ4n) is 2.87. The Morgan fingerprint density at radius 1 is 1.23 bits per heavy atom. The first-order valence-corrected chi connectivity index (χ1v) is 7.83. The van der Waals surface area contributed by atoms with Crippen LogP contribution in [0.4, 0.5) is 4.79 Å². The van der Waals surface area contributed by atoms with Gasteiger partial charge in [0, 0.05) is 6.42 Å². The van der Waals surface area contributed by atoms with E-state index in [1.54, 1.807) is 0 Å². The van der Waals surface area contributed by atoms with Crippen LogP contribution in [0.3, 0.4) is 0 Å². The number of rotatable bonds is 5. The van der Waals surface area contributed by atoms with Crippen molar-refractivity contribution in [1.29, 1.82) is 0 Å². The Bertz CT molecular complexity index is 820. The van der Waals surface area contributed by atoms with Gasteiger partial charge in [-0.05, 0) is 24.6 Å². The molecular formula is C16H15N3O7. The van der Waals surface area contributed by atoms with Crippen LogP contribution in [0.5, 0.6) is 5.75 Å². The maximum Gasteiger partial charge on any atom is 0.404 e. The second-order valence-corrected chi connectivity index (χ2v) is 5.73. The Morgan fingerprint density at radius 3 is 2.65 bits per heavy atom. The van der Waals surface area contributed by atoms with Gasteiger partial charge in [0.25, 0.3) is 11.8 Å². The quantitative estimate of drug-likeness (QED) is 0.484. The first kappa shape index (κ1) is 17.4. The summed E-state index contributed by atoms with van der Waals surface area (Å²) in [5.41, 5.74) is 0.249. The van der Waals surface area contributed by atoms with Gasteiger partial charge < -0.3 is 15.2 Å². The third-order valence-corrected chi connectivity index (χ3v) is 4.06. The lowest BCUT2D eigenvalue weighted by Crippen LogP contribution is -2.54. The normalized spacial score (nSPS) is 19.2. The Kier molecular flexibility index (Phi) is 4.57. The molecule has 1 atom stereocenters. The van der Waals surface area contributed by atoms with Crippen molar-refractivity contribution in [2.45, 2.75) is 18.9 Å². The summed E-state index contributed by atoms with van der Waals surface area (Å²) in [6.45, 7) is 0.103. The highest BCUT2D eigenvalue weighted by Crippen LogP contribution is 2.30. The number of ether oxygens (including phenoxy) is 1. The molecule has 0 radical (unpaired) electrons. The van der Waals surface area contributed by atoms with Crippen LogP contribution >= 0.6 is 0 Å². The van der Waals surface area contributed by atoms with Crippen LogP contribution in [0.2, 0.25) is 0 Å². The van der Waals surface area contributed by atoms with Gasteiger partial charge >= 0.3 is 6.09 Å². The van der Waals surface area contributed by atoms with E-state index in [-0.39, 0.29) is 37.1 Å². The number of carboxylic acid groups (broad SMARTS) is 1. The molecule has 26 heavy (non-hydrogen) atoms. The standard InChI is InChI=1S/C16H15N3O7/c20-12-4-3-11(13(21)18-12)19-14(22)9-2-1-8(7-10(9)15(19)23)26-6-5-17-16(24)25/h1-2,7,11,17H,3-6H2,(H,24,25)(H,18,20,21). The van der Waals surface area contributed by atoms with Crippen LogP contribution in [0.1, 0.15) is 33.6 Å². The van der Waals surface area contributed by atoms with E-state index in [1.165, 1.54) is 18.2 Å². The molecule has 2 aliphatic rings. The summed E-state index contributed by atoms with van der Waals surface area (Å²) in [7, 11) is 0. The van der Waals surface area contributed by atoms with E-state index in [0.29, 0.717) is 5.75 Å². The molecule has 1 aromatic carbocycles. The van der Waals surface area contributed by atoms with E-state index in [4.69, 9.17) is 9.84 Å². The number of imide groups is 2. The molecule has 0 spiro atoms. The number of hydrogen-bond donors (Lipinski definition) is 3. The zero-order valence-corrected chi connectivity index (χ0v) is 13.5. The number of piperidine rings is 1. The fourth-order valence-corrected chi connectivity index (χ4v) is 2.87. The van der Waals surface area contributed by atoms with Gasteiger partial charge in [-0.3, -0.25) is 29.4 Å². The van der Waals surface area contributed by atoms with Gasteiger partial charge in [0.1, 0.15) is 18.4 Å². The molecule has 5 amide bonds. The summed E-state index contributed by atoms with van der Waals surface area (Å²) >= 11 is 0. The molecule has 136 valence electrons. The zero-order chi connectivity index (χ0) is 18.8. The Balaban J connectivity index is 1.74. The predicted molar refractivity (Wildman–Crippen MR) is 84.6 cm³/mol. The summed E-state index contributed by atoms with van der Waals surface area (Å²) in [5, 5.41) is 12.7. The second-order valence-electron chi connectivity index (χ2n) is 5.73.